The predicted octanol–water partition coefficient (Wildman–Crippen LogP) is 0.301. The Morgan fingerprint density at radius 1 is 1.33 bits per heavy atom. The summed E-state index contributed by atoms with van der Waals surface area (Å²) < 4.78 is 0. The monoisotopic (exact) mass is 208 g/mol. The van der Waals surface area contributed by atoms with Gasteiger partial charge in [-0.1, -0.05) is 0 Å². The van der Waals surface area contributed by atoms with Crippen LogP contribution in [0.25, 0.3) is 0 Å². The number of imide groups is 1. The van der Waals surface area contributed by atoms with Crippen LogP contribution < -0.4 is 5.32 Å². The standard InChI is InChI=1S/C11H16N2O2/c14-10-3-4-11(15)13(10)7-5-9-2-1-6-12-8-9/h3-4,9,12H,1-2,5-8H2. The van der Waals surface area contributed by atoms with Crippen LogP contribution in [0.1, 0.15) is 19.3 Å². The molecule has 1 atom stereocenters. The Balaban J connectivity index is 1.77. The smallest absolute Gasteiger partial charge is 0.253 e. The molecule has 0 spiro atoms. The van der Waals surface area contributed by atoms with Gasteiger partial charge in [0, 0.05) is 18.7 Å². The Bertz CT molecular complexity index is 275. The molecule has 0 aromatic carbocycles. The molecule has 0 saturated carbocycles. The quantitative estimate of drug-likeness (QED) is 0.679. The molecule has 1 saturated heterocycles. The van der Waals surface area contributed by atoms with Crippen LogP contribution in [0.2, 0.25) is 0 Å². The van der Waals surface area contributed by atoms with Crippen molar-refractivity contribution in [3.05, 3.63) is 12.2 Å². The van der Waals surface area contributed by atoms with Gasteiger partial charge in [0.05, 0.1) is 0 Å². The van der Waals surface area contributed by atoms with Gasteiger partial charge >= 0.3 is 0 Å². The van der Waals surface area contributed by atoms with Crippen molar-refractivity contribution in [2.45, 2.75) is 19.3 Å². The van der Waals surface area contributed by atoms with E-state index in [-0.39, 0.29) is 11.8 Å². The number of rotatable bonds is 3. The first-order valence-corrected chi connectivity index (χ1v) is 5.51. The first-order chi connectivity index (χ1) is 7.27. The van der Waals surface area contributed by atoms with Gasteiger partial charge in [0.15, 0.2) is 0 Å². The minimum atomic E-state index is -0.163. The molecule has 2 aliphatic heterocycles. The van der Waals surface area contributed by atoms with Gasteiger partial charge in [-0.2, -0.15) is 0 Å². The zero-order chi connectivity index (χ0) is 10.7. The summed E-state index contributed by atoms with van der Waals surface area (Å²) in [5.41, 5.74) is 0. The average molecular weight is 208 g/mol. The van der Waals surface area contributed by atoms with Crippen LogP contribution in [-0.2, 0) is 9.59 Å². The van der Waals surface area contributed by atoms with E-state index >= 15 is 0 Å². The molecule has 2 heterocycles. The van der Waals surface area contributed by atoms with Crippen molar-refractivity contribution in [2.75, 3.05) is 19.6 Å². The van der Waals surface area contributed by atoms with Crippen molar-refractivity contribution in [3.63, 3.8) is 0 Å². The molecule has 1 unspecified atom stereocenters. The maximum absolute atomic E-state index is 11.3. The van der Waals surface area contributed by atoms with Gasteiger partial charge in [0.1, 0.15) is 0 Å². The molecule has 1 fully saturated rings. The second-order valence-electron chi connectivity index (χ2n) is 4.16. The molecule has 2 aliphatic rings. The van der Waals surface area contributed by atoms with E-state index in [1.165, 1.54) is 29.9 Å². The molecule has 2 rings (SSSR count). The third-order valence-corrected chi connectivity index (χ3v) is 3.06. The summed E-state index contributed by atoms with van der Waals surface area (Å²) in [6.07, 6.45) is 6.02. The average Bonchev–Trinajstić information content (AvgIpc) is 2.58. The van der Waals surface area contributed by atoms with Crippen molar-refractivity contribution in [1.29, 1.82) is 0 Å². The number of carbonyl (C=O) groups is 2. The van der Waals surface area contributed by atoms with Gasteiger partial charge in [-0.3, -0.25) is 14.5 Å². The van der Waals surface area contributed by atoms with Gasteiger partial charge in [-0.25, -0.2) is 0 Å². The van der Waals surface area contributed by atoms with Crippen molar-refractivity contribution in [3.8, 4) is 0 Å². The number of nitrogens with one attached hydrogen (secondary N) is 1. The van der Waals surface area contributed by atoms with E-state index in [2.05, 4.69) is 5.32 Å². The van der Waals surface area contributed by atoms with Gasteiger partial charge in [0.25, 0.3) is 11.8 Å². The van der Waals surface area contributed by atoms with Crippen LogP contribution in [0.5, 0.6) is 0 Å². The molecule has 4 nitrogen and oxygen atoms in total. The minimum absolute atomic E-state index is 0.163. The zero-order valence-electron chi connectivity index (χ0n) is 8.74. The van der Waals surface area contributed by atoms with Crippen molar-refractivity contribution < 1.29 is 9.59 Å². The van der Waals surface area contributed by atoms with Crippen molar-refractivity contribution in [2.24, 2.45) is 5.92 Å². The molecule has 0 radical (unpaired) electrons. The fourth-order valence-corrected chi connectivity index (χ4v) is 2.13. The lowest BCUT2D eigenvalue weighted by Gasteiger charge is -2.24. The molecule has 4 heteroatoms. The van der Waals surface area contributed by atoms with Gasteiger partial charge in [0.2, 0.25) is 0 Å². The Labute approximate surface area is 89.3 Å². The van der Waals surface area contributed by atoms with E-state index in [9.17, 15) is 9.59 Å². The zero-order valence-corrected chi connectivity index (χ0v) is 8.74. The molecule has 15 heavy (non-hydrogen) atoms. The summed E-state index contributed by atoms with van der Waals surface area (Å²) in [6, 6.07) is 0. The van der Waals surface area contributed by atoms with E-state index in [0.717, 1.165) is 19.5 Å². The lowest BCUT2D eigenvalue weighted by molar-refractivity contribution is -0.136. The summed E-state index contributed by atoms with van der Waals surface area (Å²) >= 11 is 0. The number of nitrogens with zero attached hydrogens (tertiary/aromatic N) is 1. The third-order valence-electron chi connectivity index (χ3n) is 3.06. The number of piperidine rings is 1. The molecule has 82 valence electrons. The highest BCUT2D eigenvalue weighted by Crippen LogP contribution is 2.15. The predicted molar refractivity (Wildman–Crippen MR) is 56.1 cm³/mol. The van der Waals surface area contributed by atoms with Gasteiger partial charge in [-0.15, -0.1) is 0 Å². The first kappa shape index (κ1) is 10.4. The van der Waals surface area contributed by atoms with Crippen LogP contribution in [0.3, 0.4) is 0 Å². The molecule has 0 aromatic heterocycles. The first-order valence-electron chi connectivity index (χ1n) is 5.51. The van der Waals surface area contributed by atoms with Crippen LogP contribution in [0.4, 0.5) is 0 Å². The summed E-state index contributed by atoms with van der Waals surface area (Å²) in [5.74, 6) is 0.285. The van der Waals surface area contributed by atoms with Crippen molar-refractivity contribution >= 4 is 11.8 Å². The summed E-state index contributed by atoms with van der Waals surface area (Å²) in [7, 11) is 0. The number of amides is 2. The topological polar surface area (TPSA) is 49.4 Å². The molecule has 1 N–H and O–H groups in total. The van der Waals surface area contributed by atoms with E-state index < -0.39 is 0 Å². The molecule has 0 aromatic rings. The second kappa shape index (κ2) is 4.57. The number of carbonyl (C=O) groups excluding carboxylic acids is 2. The largest absolute Gasteiger partial charge is 0.316 e. The molecule has 0 bridgehead atoms. The third kappa shape index (κ3) is 2.45. The highest BCUT2D eigenvalue weighted by atomic mass is 16.2. The van der Waals surface area contributed by atoms with E-state index in [1.54, 1.807) is 0 Å². The van der Waals surface area contributed by atoms with Gasteiger partial charge < -0.3 is 5.32 Å². The Morgan fingerprint density at radius 3 is 2.67 bits per heavy atom. The highest BCUT2D eigenvalue weighted by molar-refractivity contribution is 6.12. The highest BCUT2D eigenvalue weighted by Gasteiger charge is 2.24. The fourth-order valence-electron chi connectivity index (χ4n) is 2.13. The second-order valence-corrected chi connectivity index (χ2v) is 4.16. The summed E-state index contributed by atoms with van der Waals surface area (Å²) in [6.45, 7) is 2.68. The number of hydrogen-bond acceptors (Lipinski definition) is 3. The van der Waals surface area contributed by atoms with Crippen LogP contribution in [0, 0.1) is 5.92 Å². The SMILES string of the molecule is O=C1C=CC(=O)N1CCC1CCCNC1. The Kier molecular flexibility index (Phi) is 3.16. The normalized spacial score (nSPS) is 26.4. The van der Waals surface area contributed by atoms with E-state index in [1.807, 2.05) is 0 Å². The Hall–Kier alpha value is -1.16. The van der Waals surface area contributed by atoms with E-state index in [0.29, 0.717) is 12.5 Å². The fraction of sp³-hybridized carbons (Fsp3) is 0.636. The van der Waals surface area contributed by atoms with E-state index in [4.69, 9.17) is 0 Å². The number of hydrogen-bond donors (Lipinski definition) is 1. The molecular weight excluding hydrogens is 192 g/mol. The maximum atomic E-state index is 11.3. The minimum Gasteiger partial charge on any atom is -0.316 e. The summed E-state index contributed by atoms with van der Waals surface area (Å²) in [5, 5.41) is 3.33. The van der Waals surface area contributed by atoms with Gasteiger partial charge in [-0.05, 0) is 38.3 Å². The summed E-state index contributed by atoms with van der Waals surface area (Å²) in [4.78, 5) is 23.8. The van der Waals surface area contributed by atoms with Crippen LogP contribution in [-0.4, -0.2) is 36.3 Å². The molecule has 0 aliphatic carbocycles. The van der Waals surface area contributed by atoms with Crippen molar-refractivity contribution in [1.82, 2.24) is 10.2 Å². The lowest BCUT2D eigenvalue weighted by atomic mass is 9.96. The van der Waals surface area contributed by atoms with Crippen LogP contribution >= 0.6 is 0 Å². The lowest BCUT2D eigenvalue weighted by Crippen LogP contribution is -2.35. The maximum Gasteiger partial charge on any atom is 0.253 e. The molecule has 2 amide bonds. The molecular formula is C11H16N2O2. The van der Waals surface area contributed by atoms with Crippen LogP contribution in [0.15, 0.2) is 12.2 Å². The Morgan fingerprint density at radius 2 is 2.07 bits per heavy atom.